The summed E-state index contributed by atoms with van der Waals surface area (Å²) in [6.07, 6.45) is 3.96. The first-order chi connectivity index (χ1) is 9.24. The van der Waals surface area contributed by atoms with Gasteiger partial charge in [-0.05, 0) is 32.0 Å². The second-order valence-corrected chi connectivity index (χ2v) is 4.68. The van der Waals surface area contributed by atoms with Gasteiger partial charge in [-0.2, -0.15) is 0 Å². The van der Waals surface area contributed by atoms with Crippen LogP contribution in [0.2, 0.25) is 0 Å². The van der Waals surface area contributed by atoms with E-state index in [0.717, 1.165) is 19.4 Å². The fourth-order valence-electron chi connectivity index (χ4n) is 2.07. The number of rotatable bonds is 7. The minimum absolute atomic E-state index is 0.323. The Balaban J connectivity index is 2.06. The van der Waals surface area contributed by atoms with E-state index in [9.17, 15) is 0 Å². The Morgan fingerprint density at radius 3 is 2.79 bits per heavy atom. The number of aromatic nitrogens is 3. The SMILES string of the molecule is CCCNC(C)c1cccn1Cc1nnc(CC)o1. The van der Waals surface area contributed by atoms with Crippen LogP contribution in [0.1, 0.15) is 50.7 Å². The highest BCUT2D eigenvalue weighted by Gasteiger charge is 2.12. The Morgan fingerprint density at radius 2 is 2.11 bits per heavy atom. The van der Waals surface area contributed by atoms with E-state index >= 15 is 0 Å². The third-order valence-corrected chi connectivity index (χ3v) is 3.13. The molecule has 0 amide bonds. The summed E-state index contributed by atoms with van der Waals surface area (Å²) < 4.78 is 7.71. The maximum absolute atomic E-state index is 5.56. The maximum atomic E-state index is 5.56. The zero-order valence-electron chi connectivity index (χ0n) is 11.9. The molecule has 1 N–H and O–H groups in total. The van der Waals surface area contributed by atoms with Gasteiger partial charge in [0.1, 0.15) is 6.54 Å². The quantitative estimate of drug-likeness (QED) is 0.833. The van der Waals surface area contributed by atoms with Gasteiger partial charge in [-0.15, -0.1) is 10.2 Å². The maximum Gasteiger partial charge on any atom is 0.236 e. The van der Waals surface area contributed by atoms with E-state index in [1.807, 2.05) is 6.92 Å². The summed E-state index contributed by atoms with van der Waals surface area (Å²) in [5, 5.41) is 11.6. The lowest BCUT2D eigenvalue weighted by Gasteiger charge is -2.15. The molecular weight excluding hydrogens is 240 g/mol. The van der Waals surface area contributed by atoms with E-state index in [4.69, 9.17) is 4.42 Å². The standard InChI is InChI=1S/C14H22N4O/c1-4-8-15-11(3)12-7-6-9-18(12)10-14-17-16-13(5-2)19-14/h6-7,9,11,15H,4-5,8,10H2,1-3H3. The molecule has 0 fully saturated rings. The lowest BCUT2D eigenvalue weighted by molar-refractivity contribution is 0.434. The van der Waals surface area contributed by atoms with Crippen molar-refractivity contribution in [3.63, 3.8) is 0 Å². The largest absolute Gasteiger partial charge is 0.423 e. The molecule has 0 saturated heterocycles. The minimum Gasteiger partial charge on any atom is -0.423 e. The molecule has 2 aromatic rings. The van der Waals surface area contributed by atoms with E-state index in [0.29, 0.717) is 24.4 Å². The van der Waals surface area contributed by atoms with Gasteiger partial charge in [0.15, 0.2) is 0 Å². The van der Waals surface area contributed by atoms with Crippen molar-refractivity contribution in [2.24, 2.45) is 0 Å². The van der Waals surface area contributed by atoms with Crippen LogP contribution in [-0.4, -0.2) is 21.3 Å². The van der Waals surface area contributed by atoms with Gasteiger partial charge < -0.3 is 14.3 Å². The molecule has 2 rings (SSSR count). The molecule has 0 bridgehead atoms. The molecule has 5 heteroatoms. The zero-order valence-corrected chi connectivity index (χ0v) is 11.9. The number of nitrogens with one attached hydrogen (secondary N) is 1. The van der Waals surface area contributed by atoms with Crippen molar-refractivity contribution in [1.82, 2.24) is 20.1 Å². The summed E-state index contributed by atoms with van der Waals surface area (Å²) in [7, 11) is 0. The van der Waals surface area contributed by atoms with Crippen molar-refractivity contribution in [1.29, 1.82) is 0 Å². The minimum atomic E-state index is 0.323. The molecule has 0 aliphatic carbocycles. The van der Waals surface area contributed by atoms with Gasteiger partial charge in [-0.3, -0.25) is 0 Å². The highest BCUT2D eigenvalue weighted by Crippen LogP contribution is 2.15. The zero-order chi connectivity index (χ0) is 13.7. The van der Waals surface area contributed by atoms with E-state index in [1.54, 1.807) is 0 Å². The third kappa shape index (κ3) is 3.44. The van der Waals surface area contributed by atoms with Crippen LogP contribution in [0.4, 0.5) is 0 Å². The first kappa shape index (κ1) is 13.8. The topological polar surface area (TPSA) is 55.9 Å². The summed E-state index contributed by atoms with van der Waals surface area (Å²) in [6.45, 7) is 8.01. The molecule has 19 heavy (non-hydrogen) atoms. The Hall–Kier alpha value is -1.62. The highest BCUT2D eigenvalue weighted by atomic mass is 16.4. The lowest BCUT2D eigenvalue weighted by atomic mass is 10.2. The monoisotopic (exact) mass is 262 g/mol. The molecule has 0 radical (unpaired) electrons. The third-order valence-electron chi connectivity index (χ3n) is 3.13. The van der Waals surface area contributed by atoms with E-state index in [2.05, 4.69) is 52.3 Å². The Bertz CT molecular complexity index is 503. The number of hydrogen-bond donors (Lipinski definition) is 1. The predicted octanol–water partition coefficient (Wildman–Crippen LogP) is 2.54. The fourth-order valence-corrected chi connectivity index (χ4v) is 2.07. The Morgan fingerprint density at radius 1 is 1.32 bits per heavy atom. The van der Waals surface area contributed by atoms with Gasteiger partial charge in [0, 0.05) is 24.4 Å². The molecule has 1 unspecified atom stereocenters. The number of hydrogen-bond acceptors (Lipinski definition) is 4. The second kappa shape index (κ2) is 6.52. The van der Waals surface area contributed by atoms with Crippen LogP contribution in [0.25, 0.3) is 0 Å². The average molecular weight is 262 g/mol. The number of nitrogens with zero attached hydrogens (tertiary/aromatic N) is 3. The molecule has 2 aromatic heterocycles. The normalized spacial score (nSPS) is 12.8. The summed E-state index contributed by atoms with van der Waals surface area (Å²) >= 11 is 0. The van der Waals surface area contributed by atoms with Crippen molar-refractivity contribution in [2.45, 2.75) is 46.2 Å². The summed E-state index contributed by atoms with van der Waals surface area (Å²) in [5.41, 5.74) is 1.24. The van der Waals surface area contributed by atoms with Gasteiger partial charge in [-0.25, -0.2) is 0 Å². The van der Waals surface area contributed by atoms with Crippen molar-refractivity contribution < 1.29 is 4.42 Å². The molecule has 0 aliphatic rings. The second-order valence-electron chi connectivity index (χ2n) is 4.68. The first-order valence-electron chi connectivity index (χ1n) is 6.94. The van der Waals surface area contributed by atoms with Crippen LogP contribution in [0.5, 0.6) is 0 Å². The molecule has 0 spiro atoms. The smallest absolute Gasteiger partial charge is 0.236 e. The van der Waals surface area contributed by atoms with Gasteiger partial charge in [0.25, 0.3) is 0 Å². The van der Waals surface area contributed by atoms with Gasteiger partial charge in [0.05, 0.1) is 0 Å². The van der Waals surface area contributed by atoms with Crippen molar-refractivity contribution in [2.75, 3.05) is 6.54 Å². The Kier molecular flexibility index (Phi) is 4.74. The summed E-state index contributed by atoms with van der Waals surface area (Å²) in [4.78, 5) is 0. The summed E-state index contributed by atoms with van der Waals surface area (Å²) in [6, 6.07) is 4.50. The molecule has 0 saturated carbocycles. The molecule has 2 heterocycles. The fraction of sp³-hybridized carbons (Fsp3) is 0.571. The van der Waals surface area contributed by atoms with Crippen molar-refractivity contribution in [3.8, 4) is 0 Å². The first-order valence-corrected chi connectivity index (χ1v) is 6.94. The molecule has 1 atom stereocenters. The average Bonchev–Trinajstić information content (AvgIpc) is 3.05. The van der Waals surface area contributed by atoms with Crippen molar-refractivity contribution >= 4 is 0 Å². The molecule has 0 aliphatic heterocycles. The molecule has 0 aromatic carbocycles. The predicted molar refractivity (Wildman–Crippen MR) is 73.9 cm³/mol. The molecular formula is C14H22N4O. The van der Waals surface area contributed by atoms with Crippen LogP contribution < -0.4 is 5.32 Å². The van der Waals surface area contributed by atoms with Gasteiger partial charge >= 0.3 is 0 Å². The van der Waals surface area contributed by atoms with Crippen LogP contribution in [0.3, 0.4) is 0 Å². The highest BCUT2D eigenvalue weighted by molar-refractivity contribution is 5.12. The lowest BCUT2D eigenvalue weighted by Crippen LogP contribution is -2.22. The van der Waals surface area contributed by atoms with Crippen LogP contribution in [0.15, 0.2) is 22.7 Å². The number of aryl methyl sites for hydroxylation is 1. The van der Waals surface area contributed by atoms with E-state index in [-0.39, 0.29) is 0 Å². The van der Waals surface area contributed by atoms with Crippen LogP contribution in [0, 0.1) is 0 Å². The van der Waals surface area contributed by atoms with Gasteiger partial charge in [-0.1, -0.05) is 13.8 Å². The van der Waals surface area contributed by atoms with E-state index in [1.165, 1.54) is 5.69 Å². The Labute approximate surface area is 114 Å². The van der Waals surface area contributed by atoms with Gasteiger partial charge in [0.2, 0.25) is 11.8 Å². The van der Waals surface area contributed by atoms with Crippen LogP contribution >= 0.6 is 0 Å². The molecule has 5 nitrogen and oxygen atoms in total. The molecule has 104 valence electrons. The summed E-state index contributed by atoms with van der Waals surface area (Å²) in [5.74, 6) is 1.36. The van der Waals surface area contributed by atoms with Crippen molar-refractivity contribution in [3.05, 3.63) is 35.8 Å². The van der Waals surface area contributed by atoms with Crippen LogP contribution in [-0.2, 0) is 13.0 Å². The van der Waals surface area contributed by atoms with E-state index < -0.39 is 0 Å².